The maximum absolute atomic E-state index is 8.26. The van der Waals surface area contributed by atoms with E-state index < -0.39 is 0 Å². The van der Waals surface area contributed by atoms with Crippen LogP contribution in [0.25, 0.3) is 0 Å². The third-order valence-electron chi connectivity index (χ3n) is 1.20. The van der Waals surface area contributed by atoms with Crippen molar-refractivity contribution in [3.8, 4) is 0 Å². The average molecular weight is 256 g/mol. The smallest absolute Gasteiger partial charge is 0.0701 e. The molecule has 0 bridgehead atoms. The van der Waals surface area contributed by atoms with Gasteiger partial charge in [-0.3, -0.25) is 0 Å². The van der Waals surface area contributed by atoms with Gasteiger partial charge in [-0.05, 0) is 13.8 Å². The van der Waals surface area contributed by atoms with Crippen molar-refractivity contribution in [2.45, 2.75) is 13.8 Å². The van der Waals surface area contributed by atoms with Gasteiger partial charge in [-0.2, -0.15) is 0 Å². The van der Waals surface area contributed by atoms with E-state index in [1.165, 1.54) is 0 Å². The molecule has 0 saturated carbocycles. The normalized spacial score (nSPS) is 8.82. The fourth-order valence-corrected chi connectivity index (χ4v) is 0.429. The van der Waals surface area contributed by atoms with Gasteiger partial charge in [0, 0.05) is 20.3 Å². The van der Waals surface area contributed by atoms with Gasteiger partial charge in [0.1, 0.15) is 0 Å². The Balaban J connectivity index is -0.000000205. The Morgan fingerprint density at radius 2 is 1.18 bits per heavy atom. The van der Waals surface area contributed by atoms with Gasteiger partial charge in [-0.25, -0.2) is 0 Å². The first kappa shape index (κ1) is 22.0. The first-order valence-corrected chi connectivity index (χ1v) is 5.71. The molecular weight excluding hydrogens is 228 g/mol. The van der Waals surface area contributed by atoms with Crippen molar-refractivity contribution in [1.82, 2.24) is 0 Å². The first-order chi connectivity index (χ1) is 8.24. The Hall–Kier alpha value is -0.240. The van der Waals surface area contributed by atoms with Gasteiger partial charge < -0.3 is 29.5 Å². The zero-order valence-electron chi connectivity index (χ0n) is 11.2. The predicted molar refractivity (Wildman–Crippen MR) is 66.1 cm³/mol. The molecule has 0 spiro atoms. The molecule has 6 nitrogen and oxygen atoms in total. The third kappa shape index (κ3) is 49.6. The van der Waals surface area contributed by atoms with Gasteiger partial charge in [-0.1, -0.05) is 0 Å². The molecule has 0 saturated heterocycles. The van der Waals surface area contributed by atoms with Gasteiger partial charge in [-0.15, -0.1) is 0 Å². The van der Waals surface area contributed by atoms with Crippen LogP contribution in [0.15, 0.2) is 0 Å². The van der Waals surface area contributed by atoms with Gasteiger partial charge >= 0.3 is 0 Å². The van der Waals surface area contributed by atoms with Crippen LogP contribution in [0.4, 0.5) is 0 Å². The van der Waals surface area contributed by atoms with Crippen LogP contribution in [0.2, 0.25) is 0 Å². The van der Waals surface area contributed by atoms with E-state index in [2.05, 4.69) is 4.74 Å². The Kier molecular flexibility index (Phi) is 38.4. The van der Waals surface area contributed by atoms with Crippen LogP contribution in [0.3, 0.4) is 0 Å². The lowest BCUT2D eigenvalue weighted by Gasteiger charge is -2.00. The largest absolute Gasteiger partial charge is 0.394 e. The van der Waals surface area contributed by atoms with Gasteiger partial charge in [0.2, 0.25) is 0 Å². The zero-order valence-corrected chi connectivity index (χ0v) is 11.2. The molecule has 0 fully saturated rings. The van der Waals surface area contributed by atoms with Crippen LogP contribution >= 0.6 is 0 Å². The van der Waals surface area contributed by atoms with Crippen molar-refractivity contribution in [1.29, 1.82) is 0 Å². The molecule has 17 heavy (non-hydrogen) atoms. The van der Waals surface area contributed by atoms with E-state index in [1.807, 2.05) is 13.8 Å². The van der Waals surface area contributed by atoms with E-state index in [0.717, 1.165) is 13.2 Å². The van der Waals surface area contributed by atoms with E-state index in [-0.39, 0.29) is 19.8 Å². The molecule has 108 valence electrons. The van der Waals surface area contributed by atoms with Gasteiger partial charge in [0.25, 0.3) is 0 Å². The SMILES string of the molecule is CCOC.CCOCCOCCO.OCCO. The van der Waals surface area contributed by atoms with Crippen LogP contribution in [-0.4, -0.2) is 75.3 Å². The summed E-state index contributed by atoms with van der Waals surface area (Å²) < 4.78 is 14.4. The van der Waals surface area contributed by atoms with Crippen LogP contribution in [0.1, 0.15) is 13.8 Å². The number of aliphatic hydroxyl groups excluding tert-OH is 3. The molecule has 0 heterocycles. The van der Waals surface area contributed by atoms with Crippen LogP contribution in [0, 0.1) is 0 Å². The quantitative estimate of drug-likeness (QED) is 0.515. The van der Waals surface area contributed by atoms with Crippen LogP contribution < -0.4 is 0 Å². The molecule has 0 rings (SSSR count). The minimum Gasteiger partial charge on any atom is -0.394 e. The summed E-state index contributed by atoms with van der Waals surface area (Å²) in [5.41, 5.74) is 0. The van der Waals surface area contributed by atoms with Crippen LogP contribution in [0.5, 0.6) is 0 Å². The van der Waals surface area contributed by atoms with E-state index in [9.17, 15) is 0 Å². The zero-order chi connectivity index (χ0) is 13.8. The number of ether oxygens (including phenoxy) is 3. The Labute approximate surface area is 104 Å². The molecule has 0 unspecified atom stereocenters. The minimum atomic E-state index is -0.125. The van der Waals surface area contributed by atoms with E-state index in [0.29, 0.717) is 19.8 Å². The van der Waals surface area contributed by atoms with E-state index in [1.54, 1.807) is 7.11 Å². The highest BCUT2D eigenvalue weighted by atomic mass is 16.5. The summed E-state index contributed by atoms with van der Waals surface area (Å²) >= 11 is 0. The minimum absolute atomic E-state index is 0.0894. The number of hydrogen-bond acceptors (Lipinski definition) is 6. The molecule has 6 heteroatoms. The molecule has 0 aliphatic rings. The Morgan fingerprint density at radius 3 is 1.47 bits per heavy atom. The predicted octanol–water partition coefficient (Wildman–Crippen LogP) is -0.344. The summed E-state index contributed by atoms with van der Waals surface area (Å²) in [7, 11) is 1.68. The Morgan fingerprint density at radius 1 is 0.706 bits per heavy atom. The molecule has 0 radical (unpaired) electrons. The molecular formula is C11H28O6. The maximum Gasteiger partial charge on any atom is 0.0701 e. The number of rotatable bonds is 8. The highest BCUT2D eigenvalue weighted by molar-refractivity contribution is 4.28. The summed E-state index contributed by atoms with van der Waals surface area (Å²) in [5, 5.41) is 23.5. The highest BCUT2D eigenvalue weighted by Gasteiger charge is 1.84. The topological polar surface area (TPSA) is 88.4 Å². The van der Waals surface area contributed by atoms with Crippen molar-refractivity contribution in [2.24, 2.45) is 0 Å². The second-order valence-electron chi connectivity index (χ2n) is 2.56. The molecule has 0 amide bonds. The number of aliphatic hydroxyl groups is 3. The van der Waals surface area contributed by atoms with Crippen LogP contribution in [-0.2, 0) is 14.2 Å². The van der Waals surface area contributed by atoms with Crippen molar-refractivity contribution < 1.29 is 29.5 Å². The standard InChI is InChI=1S/C6H14O3.C3H8O.C2H6O2/c1-2-8-5-6-9-4-3-7;1-3-4-2;3-1-2-4/h7H,2-6H2,1H3;3H2,1-2H3;3-4H,1-2H2. The summed E-state index contributed by atoms with van der Waals surface area (Å²) in [6.45, 7) is 6.89. The average Bonchev–Trinajstić information content (AvgIpc) is 2.39. The summed E-state index contributed by atoms with van der Waals surface area (Å²) in [5.74, 6) is 0. The van der Waals surface area contributed by atoms with Crippen molar-refractivity contribution >= 4 is 0 Å². The monoisotopic (exact) mass is 256 g/mol. The summed E-state index contributed by atoms with van der Waals surface area (Å²) in [6, 6.07) is 0. The first-order valence-electron chi connectivity index (χ1n) is 5.71. The fourth-order valence-electron chi connectivity index (χ4n) is 0.429. The summed E-state index contributed by atoms with van der Waals surface area (Å²) in [4.78, 5) is 0. The Bertz CT molecular complexity index is 78.0. The fraction of sp³-hybridized carbons (Fsp3) is 1.00. The number of methoxy groups -OCH3 is 1. The lowest BCUT2D eigenvalue weighted by atomic mass is 10.7. The van der Waals surface area contributed by atoms with Crippen molar-refractivity contribution in [3.05, 3.63) is 0 Å². The third-order valence-corrected chi connectivity index (χ3v) is 1.20. The van der Waals surface area contributed by atoms with Gasteiger partial charge in [0.05, 0.1) is 39.6 Å². The molecule has 0 atom stereocenters. The maximum atomic E-state index is 8.26. The van der Waals surface area contributed by atoms with Crippen molar-refractivity contribution in [2.75, 3.05) is 60.0 Å². The lowest BCUT2D eigenvalue weighted by Crippen LogP contribution is -2.06. The highest BCUT2D eigenvalue weighted by Crippen LogP contribution is 1.76. The molecule has 0 aromatic heterocycles. The molecule has 3 N–H and O–H groups in total. The molecule has 0 aliphatic carbocycles. The number of hydrogen-bond donors (Lipinski definition) is 3. The van der Waals surface area contributed by atoms with Crippen molar-refractivity contribution in [3.63, 3.8) is 0 Å². The van der Waals surface area contributed by atoms with E-state index >= 15 is 0 Å². The van der Waals surface area contributed by atoms with E-state index in [4.69, 9.17) is 24.8 Å². The lowest BCUT2D eigenvalue weighted by molar-refractivity contribution is 0.0370. The molecule has 0 aliphatic heterocycles. The summed E-state index contributed by atoms with van der Waals surface area (Å²) in [6.07, 6.45) is 0. The second kappa shape index (κ2) is 29.7. The van der Waals surface area contributed by atoms with Gasteiger partial charge in [0.15, 0.2) is 0 Å². The molecule has 0 aromatic rings. The second-order valence-corrected chi connectivity index (χ2v) is 2.56. The molecule has 0 aromatic carbocycles.